The van der Waals surface area contributed by atoms with Crippen molar-refractivity contribution < 1.29 is 4.79 Å². The summed E-state index contributed by atoms with van der Waals surface area (Å²) < 4.78 is 3.27. The molecule has 0 bridgehead atoms. The zero-order valence-corrected chi connectivity index (χ0v) is 8.16. The lowest BCUT2D eigenvalue weighted by molar-refractivity contribution is 0.111. The summed E-state index contributed by atoms with van der Waals surface area (Å²) in [6.07, 6.45) is 6.00. The summed E-state index contributed by atoms with van der Waals surface area (Å²) in [6.45, 7) is 0. The number of hydrogen-bond donors (Lipinski definition) is 0. The number of aryl methyl sites for hydroxylation is 2. The molecule has 2 heterocycles. The van der Waals surface area contributed by atoms with Gasteiger partial charge in [-0.2, -0.15) is 10.2 Å². The molecule has 2 aromatic rings. The highest BCUT2D eigenvalue weighted by Gasteiger charge is 1.90. The van der Waals surface area contributed by atoms with Gasteiger partial charge in [-0.05, 0) is 12.1 Å². The Morgan fingerprint density at radius 1 is 1.29 bits per heavy atom. The van der Waals surface area contributed by atoms with Gasteiger partial charge in [-0.25, -0.2) is 0 Å². The van der Waals surface area contributed by atoms with Crippen LogP contribution in [0.2, 0.25) is 0 Å². The molecule has 0 N–H and O–H groups in total. The fourth-order valence-electron chi connectivity index (χ4n) is 0.845. The van der Waals surface area contributed by atoms with Crippen LogP contribution < -0.4 is 0 Å². The average Bonchev–Trinajstić information content (AvgIpc) is 2.77. The van der Waals surface area contributed by atoms with Crippen LogP contribution >= 0.6 is 0 Å². The van der Waals surface area contributed by atoms with Gasteiger partial charge in [0.1, 0.15) is 5.69 Å². The first-order valence-corrected chi connectivity index (χ1v) is 4.11. The fraction of sp³-hybridized carbons (Fsp3) is 0.222. The van der Waals surface area contributed by atoms with E-state index < -0.39 is 0 Å². The molecule has 5 nitrogen and oxygen atoms in total. The molecule has 0 aliphatic carbocycles. The Hall–Kier alpha value is -1.91. The third-order valence-electron chi connectivity index (χ3n) is 1.62. The standard InChI is InChI=1S/C5H6N2O.C4H6N2/c1-7-5(4-8)2-3-6-7;1-6-4-2-3-5-6/h2-4H,1H3;2-4H,1H3. The Morgan fingerprint density at radius 2 is 2.07 bits per heavy atom. The van der Waals surface area contributed by atoms with Gasteiger partial charge in [-0.15, -0.1) is 0 Å². The molecule has 2 aromatic heterocycles. The topological polar surface area (TPSA) is 52.7 Å². The van der Waals surface area contributed by atoms with Gasteiger partial charge in [-0.1, -0.05) is 0 Å². The van der Waals surface area contributed by atoms with E-state index in [4.69, 9.17) is 0 Å². The van der Waals surface area contributed by atoms with Crippen LogP contribution in [0.25, 0.3) is 0 Å². The molecule has 0 amide bonds. The third-order valence-corrected chi connectivity index (χ3v) is 1.62. The van der Waals surface area contributed by atoms with E-state index in [-0.39, 0.29) is 0 Å². The molecule has 14 heavy (non-hydrogen) atoms. The number of carbonyl (C=O) groups excluding carboxylic acids is 1. The number of hydrogen-bond acceptors (Lipinski definition) is 3. The van der Waals surface area contributed by atoms with E-state index >= 15 is 0 Å². The zero-order chi connectivity index (χ0) is 10.4. The van der Waals surface area contributed by atoms with Crippen molar-refractivity contribution in [2.75, 3.05) is 0 Å². The smallest absolute Gasteiger partial charge is 0.168 e. The van der Waals surface area contributed by atoms with Gasteiger partial charge in [0, 0.05) is 32.7 Å². The van der Waals surface area contributed by atoms with Crippen molar-refractivity contribution in [3.05, 3.63) is 36.4 Å². The summed E-state index contributed by atoms with van der Waals surface area (Å²) in [5.74, 6) is 0. The number of carbonyl (C=O) groups is 1. The van der Waals surface area contributed by atoms with Gasteiger partial charge in [0.2, 0.25) is 0 Å². The van der Waals surface area contributed by atoms with E-state index in [1.165, 1.54) is 4.68 Å². The van der Waals surface area contributed by atoms with Gasteiger partial charge in [0.05, 0.1) is 0 Å². The Bertz CT molecular complexity index is 377. The van der Waals surface area contributed by atoms with Crippen molar-refractivity contribution in [2.24, 2.45) is 14.1 Å². The summed E-state index contributed by atoms with van der Waals surface area (Å²) >= 11 is 0. The second kappa shape index (κ2) is 4.96. The third kappa shape index (κ3) is 2.85. The quantitative estimate of drug-likeness (QED) is 0.623. The Balaban J connectivity index is 0.000000146. The Kier molecular flexibility index (Phi) is 3.60. The van der Waals surface area contributed by atoms with Gasteiger partial charge in [-0.3, -0.25) is 14.2 Å². The predicted octanol–water partition coefficient (Wildman–Crippen LogP) is 0.653. The normalized spacial score (nSPS) is 9.00. The van der Waals surface area contributed by atoms with Crippen LogP contribution in [0.3, 0.4) is 0 Å². The minimum absolute atomic E-state index is 0.602. The molecule has 0 fully saturated rings. The van der Waals surface area contributed by atoms with Crippen molar-refractivity contribution in [2.45, 2.75) is 0 Å². The van der Waals surface area contributed by atoms with Crippen LogP contribution in [0.4, 0.5) is 0 Å². The molecule has 0 aliphatic heterocycles. The van der Waals surface area contributed by atoms with Crippen molar-refractivity contribution in [3.8, 4) is 0 Å². The summed E-state index contributed by atoms with van der Waals surface area (Å²) in [7, 11) is 3.61. The van der Waals surface area contributed by atoms with Gasteiger partial charge in [0.15, 0.2) is 6.29 Å². The molecular formula is C9H12N4O. The Labute approximate surface area is 82.0 Å². The molecule has 2 rings (SSSR count). The summed E-state index contributed by atoms with van der Waals surface area (Å²) in [4.78, 5) is 10.0. The first-order valence-electron chi connectivity index (χ1n) is 4.11. The number of aldehydes is 1. The molecule has 0 spiro atoms. The highest BCUT2D eigenvalue weighted by atomic mass is 16.1. The Morgan fingerprint density at radius 3 is 2.29 bits per heavy atom. The monoisotopic (exact) mass is 192 g/mol. The first kappa shape index (κ1) is 10.2. The van der Waals surface area contributed by atoms with Gasteiger partial charge >= 0.3 is 0 Å². The average molecular weight is 192 g/mol. The van der Waals surface area contributed by atoms with Crippen molar-refractivity contribution >= 4 is 6.29 Å². The van der Waals surface area contributed by atoms with E-state index in [0.29, 0.717) is 5.69 Å². The van der Waals surface area contributed by atoms with E-state index in [2.05, 4.69) is 10.2 Å². The van der Waals surface area contributed by atoms with Crippen LogP contribution in [0.15, 0.2) is 30.7 Å². The fourth-order valence-corrected chi connectivity index (χ4v) is 0.845. The van der Waals surface area contributed by atoms with Gasteiger partial charge < -0.3 is 0 Å². The minimum Gasteiger partial charge on any atom is -0.296 e. The molecule has 0 aliphatic rings. The zero-order valence-electron chi connectivity index (χ0n) is 8.16. The SMILES string of the molecule is Cn1cccn1.Cn1nccc1C=O. The molecular weight excluding hydrogens is 180 g/mol. The highest BCUT2D eigenvalue weighted by molar-refractivity contribution is 5.71. The molecule has 0 atom stereocenters. The lowest BCUT2D eigenvalue weighted by Crippen LogP contribution is -1.94. The minimum atomic E-state index is 0.602. The number of aromatic nitrogens is 4. The van der Waals surface area contributed by atoms with Crippen LogP contribution in [-0.2, 0) is 14.1 Å². The van der Waals surface area contributed by atoms with Crippen LogP contribution in [0.1, 0.15) is 10.5 Å². The maximum absolute atomic E-state index is 10.0. The number of nitrogens with zero attached hydrogens (tertiary/aromatic N) is 4. The molecule has 0 radical (unpaired) electrons. The predicted molar refractivity (Wildman–Crippen MR) is 51.8 cm³/mol. The van der Waals surface area contributed by atoms with Crippen molar-refractivity contribution in [1.82, 2.24) is 19.6 Å². The number of rotatable bonds is 1. The van der Waals surface area contributed by atoms with E-state index in [0.717, 1.165) is 6.29 Å². The first-order chi connectivity index (χ1) is 6.74. The molecule has 0 aromatic carbocycles. The molecule has 5 heteroatoms. The van der Waals surface area contributed by atoms with Crippen LogP contribution in [0, 0.1) is 0 Å². The maximum Gasteiger partial charge on any atom is 0.168 e. The van der Waals surface area contributed by atoms with Crippen molar-refractivity contribution in [1.29, 1.82) is 0 Å². The summed E-state index contributed by atoms with van der Waals surface area (Å²) in [5, 5.41) is 7.61. The molecule has 0 saturated heterocycles. The van der Waals surface area contributed by atoms with E-state index in [1.807, 2.05) is 19.3 Å². The molecule has 0 saturated carbocycles. The lowest BCUT2D eigenvalue weighted by atomic mass is 10.5. The maximum atomic E-state index is 10.0. The second-order valence-electron chi connectivity index (χ2n) is 2.68. The lowest BCUT2D eigenvalue weighted by Gasteiger charge is -1.86. The molecule has 74 valence electrons. The van der Waals surface area contributed by atoms with Crippen LogP contribution in [0.5, 0.6) is 0 Å². The van der Waals surface area contributed by atoms with Gasteiger partial charge in [0.25, 0.3) is 0 Å². The largest absolute Gasteiger partial charge is 0.296 e. The second-order valence-corrected chi connectivity index (χ2v) is 2.68. The van der Waals surface area contributed by atoms with E-state index in [9.17, 15) is 4.79 Å². The van der Waals surface area contributed by atoms with E-state index in [1.54, 1.807) is 30.2 Å². The highest BCUT2D eigenvalue weighted by Crippen LogP contribution is 1.88. The molecule has 0 unspecified atom stereocenters. The summed E-state index contributed by atoms with van der Waals surface area (Å²) in [6, 6.07) is 3.55. The van der Waals surface area contributed by atoms with Crippen LogP contribution in [-0.4, -0.2) is 25.8 Å². The summed E-state index contributed by atoms with van der Waals surface area (Å²) in [5.41, 5.74) is 0.602. The van der Waals surface area contributed by atoms with Crippen molar-refractivity contribution in [3.63, 3.8) is 0 Å².